The quantitative estimate of drug-likeness (QED) is 0.672. The Kier molecular flexibility index (Phi) is 4.96. The summed E-state index contributed by atoms with van der Waals surface area (Å²) in [5.41, 5.74) is 1.94. The van der Waals surface area contributed by atoms with Gasteiger partial charge in [-0.15, -0.1) is 0 Å². The van der Waals surface area contributed by atoms with Crippen molar-refractivity contribution in [3.8, 4) is 11.4 Å². The molecule has 0 unspecified atom stereocenters. The van der Waals surface area contributed by atoms with Crippen molar-refractivity contribution in [2.24, 2.45) is 0 Å². The van der Waals surface area contributed by atoms with Gasteiger partial charge in [-0.25, -0.2) is 0 Å². The molecule has 0 bridgehead atoms. The SMILES string of the molecule is CN(Cc1nc(-c2ccccc2)no1)Cc1ccc(Cl)cc1Cl. The molecule has 0 aliphatic heterocycles. The number of nitrogens with zero attached hydrogens (tertiary/aromatic N) is 3. The van der Waals surface area contributed by atoms with E-state index in [1.807, 2.05) is 49.5 Å². The second-order valence-electron chi connectivity index (χ2n) is 5.29. The van der Waals surface area contributed by atoms with Gasteiger partial charge in [-0.3, -0.25) is 4.90 Å². The van der Waals surface area contributed by atoms with E-state index in [9.17, 15) is 0 Å². The van der Waals surface area contributed by atoms with E-state index in [4.69, 9.17) is 27.7 Å². The minimum Gasteiger partial charge on any atom is -0.338 e. The van der Waals surface area contributed by atoms with Gasteiger partial charge >= 0.3 is 0 Å². The number of halogens is 2. The summed E-state index contributed by atoms with van der Waals surface area (Å²) in [7, 11) is 1.97. The van der Waals surface area contributed by atoms with Gasteiger partial charge < -0.3 is 4.52 Å². The molecule has 4 nitrogen and oxygen atoms in total. The van der Waals surface area contributed by atoms with Crippen LogP contribution in [0, 0.1) is 0 Å². The van der Waals surface area contributed by atoms with E-state index in [0.29, 0.717) is 34.8 Å². The van der Waals surface area contributed by atoms with Crippen molar-refractivity contribution < 1.29 is 4.52 Å². The molecule has 118 valence electrons. The van der Waals surface area contributed by atoms with Crippen molar-refractivity contribution in [2.45, 2.75) is 13.1 Å². The van der Waals surface area contributed by atoms with E-state index in [2.05, 4.69) is 15.0 Å². The van der Waals surface area contributed by atoms with E-state index in [1.54, 1.807) is 6.07 Å². The Labute approximate surface area is 144 Å². The third-order valence-corrected chi connectivity index (χ3v) is 3.95. The molecule has 1 heterocycles. The first-order valence-corrected chi connectivity index (χ1v) is 7.88. The van der Waals surface area contributed by atoms with Crippen molar-refractivity contribution in [1.82, 2.24) is 15.0 Å². The number of benzene rings is 2. The third-order valence-electron chi connectivity index (χ3n) is 3.36. The van der Waals surface area contributed by atoms with Gasteiger partial charge in [0.1, 0.15) is 0 Å². The fraction of sp³-hybridized carbons (Fsp3) is 0.176. The van der Waals surface area contributed by atoms with Gasteiger partial charge in [-0.2, -0.15) is 4.98 Å². The highest BCUT2D eigenvalue weighted by Gasteiger charge is 2.12. The van der Waals surface area contributed by atoms with Crippen LogP contribution in [-0.4, -0.2) is 22.1 Å². The van der Waals surface area contributed by atoms with Crippen LogP contribution >= 0.6 is 23.2 Å². The Balaban J connectivity index is 1.66. The van der Waals surface area contributed by atoms with Gasteiger partial charge in [0, 0.05) is 22.2 Å². The molecule has 0 amide bonds. The lowest BCUT2D eigenvalue weighted by molar-refractivity contribution is 0.261. The fourth-order valence-corrected chi connectivity index (χ4v) is 2.72. The molecular formula is C17H15Cl2N3O. The van der Waals surface area contributed by atoms with E-state index < -0.39 is 0 Å². The minimum absolute atomic E-state index is 0.540. The molecule has 23 heavy (non-hydrogen) atoms. The van der Waals surface area contributed by atoms with Gasteiger partial charge in [0.25, 0.3) is 0 Å². The molecular weight excluding hydrogens is 333 g/mol. The highest BCUT2D eigenvalue weighted by molar-refractivity contribution is 6.35. The van der Waals surface area contributed by atoms with E-state index in [1.165, 1.54) is 0 Å². The second kappa shape index (κ2) is 7.13. The van der Waals surface area contributed by atoms with Gasteiger partial charge in [0.15, 0.2) is 0 Å². The number of aromatic nitrogens is 2. The highest BCUT2D eigenvalue weighted by Crippen LogP contribution is 2.22. The molecule has 1 aromatic heterocycles. The van der Waals surface area contributed by atoms with Crippen molar-refractivity contribution in [3.63, 3.8) is 0 Å². The van der Waals surface area contributed by atoms with Crippen LogP contribution in [-0.2, 0) is 13.1 Å². The highest BCUT2D eigenvalue weighted by atomic mass is 35.5. The molecule has 0 aliphatic rings. The standard InChI is InChI=1S/C17H15Cl2N3O/c1-22(10-13-7-8-14(18)9-15(13)19)11-16-20-17(21-23-16)12-5-3-2-4-6-12/h2-9H,10-11H2,1H3. The maximum absolute atomic E-state index is 6.20. The lowest BCUT2D eigenvalue weighted by Crippen LogP contribution is -2.17. The van der Waals surface area contributed by atoms with Crippen molar-refractivity contribution in [3.05, 3.63) is 70.0 Å². The van der Waals surface area contributed by atoms with Gasteiger partial charge in [-0.1, -0.05) is 64.8 Å². The number of rotatable bonds is 5. The number of hydrogen-bond donors (Lipinski definition) is 0. The largest absolute Gasteiger partial charge is 0.338 e. The molecule has 0 spiro atoms. The Hall–Kier alpha value is -1.88. The van der Waals surface area contributed by atoms with Gasteiger partial charge in [0.05, 0.1) is 6.54 Å². The summed E-state index contributed by atoms with van der Waals surface area (Å²) in [6.45, 7) is 1.21. The molecule has 0 fully saturated rings. The summed E-state index contributed by atoms with van der Waals surface area (Å²) in [6, 6.07) is 15.2. The number of hydrogen-bond acceptors (Lipinski definition) is 4. The average Bonchev–Trinajstić information content (AvgIpc) is 2.99. The fourth-order valence-electron chi connectivity index (χ4n) is 2.25. The van der Waals surface area contributed by atoms with E-state index in [0.717, 1.165) is 11.1 Å². The van der Waals surface area contributed by atoms with Crippen LogP contribution < -0.4 is 0 Å². The zero-order valence-electron chi connectivity index (χ0n) is 12.5. The van der Waals surface area contributed by atoms with Crippen LogP contribution in [0.25, 0.3) is 11.4 Å². The Bertz CT molecular complexity index is 790. The molecule has 0 saturated carbocycles. The maximum atomic E-state index is 6.20. The summed E-state index contributed by atoms with van der Waals surface area (Å²) in [4.78, 5) is 6.48. The Morgan fingerprint density at radius 3 is 2.57 bits per heavy atom. The van der Waals surface area contributed by atoms with Crippen LogP contribution in [0.2, 0.25) is 10.0 Å². The molecule has 6 heteroatoms. The third kappa shape index (κ3) is 4.10. The molecule has 3 rings (SSSR count). The second-order valence-corrected chi connectivity index (χ2v) is 6.13. The molecule has 0 atom stereocenters. The van der Waals surface area contributed by atoms with Gasteiger partial charge in [-0.05, 0) is 24.7 Å². The molecule has 3 aromatic rings. The summed E-state index contributed by atoms with van der Waals surface area (Å²) >= 11 is 12.1. The van der Waals surface area contributed by atoms with Crippen LogP contribution in [0.15, 0.2) is 53.1 Å². The van der Waals surface area contributed by atoms with Crippen molar-refractivity contribution in [2.75, 3.05) is 7.05 Å². The summed E-state index contributed by atoms with van der Waals surface area (Å²) < 4.78 is 5.32. The van der Waals surface area contributed by atoms with Crippen LogP contribution in [0.1, 0.15) is 11.5 Å². The smallest absolute Gasteiger partial charge is 0.241 e. The van der Waals surface area contributed by atoms with Crippen LogP contribution in [0.4, 0.5) is 0 Å². The van der Waals surface area contributed by atoms with Crippen LogP contribution in [0.3, 0.4) is 0 Å². The minimum atomic E-state index is 0.540. The lowest BCUT2D eigenvalue weighted by atomic mass is 10.2. The predicted octanol–water partition coefficient (Wildman–Crippen LogP) is 4.68. The van der Waals surface area contributed by atoms with E-state index in [-0.39, 0.29) is 0 Å². The van der Waals surface area contributed by atoms with Crippen molar-refractivity contribution in [1.29, 1.82) is 0 Å². The monoisotopic (exact) mass is 347 g/mol. The Morgan fingerprint density at radius 1 is 1.04 bits per heavy atom. The molecule has 0 N–H and O–H groups in total. The first-order valence-electron chi connectivity index (χ1n) is 7.12. The maximum Gasteiger partial charge on any atom is 0.241 e. The molecule has 0 aliphatic carbocycles. The Morgan fingerprint density at radius 2 is 1.83 bits per heavy atom. The first kappa shape index (κ1) is 16.0. The summed E-state index contributed by atoms with van der Waals surface area (Å²) in [6.07, 6.45) is 0. The molecule has 0 radical (unpaired) electrons. The lowest BCUT2D eigenvalue weighted by Gasteiger charge is -2.15. The average molecular weight is 348 g/mol. The normalized spacial score (nSPS) is 11.1. The van der Waals surface area contributed by atoms with Crippen LogP contribution in [0.5, 0.6) is 0 Å². The predicted molar refractivity (Wildman–Crippen MR) is 91.4 cm³/mol. The molecule has 0 saturated heterocycles. The topological polar surface area (TPSA) is 42.2 Å². The first-order chi connectivity index (χ1) is 11.1. The zero-order chi connectivity index (χ0) is 16.2. The van der Waals surface area contributed by atoms with Gasteiger partial charge in [0.2, 0.25) is 11.7 Å². The van der Waals surface area contributed by atoms with E-state index >= 15 is 0 Å². The summed E-state index contributed by atoms with van der Waals surface area (Å²) in [5, 5.41) is 5.30. The molecule has 2 aromatic carbocycles. The zero-order valence-corrected chi connectivity index (χ0v) is 14.1. The summed E-state index contributed by atoms with van der Waals surface area (Å²) in [5.74, 6) is 1.16. The van der Waals surface area contributed by atoms with Crippen molar-refractivity contribution >= 4 is 23.2 Å².